The molecule has 0 spiro atoms. The highest BCUT2D eigenvalue weighted by Crippen LogP contribution is 2.26. The SMILES string of the molecule is CCOc1ccccc1OCCC(=O)Nc1ccc(C(N)=O)cc1. The summed E-state index contributed by atoms with van der Waals surface area (Å²) in [6.45, 7) is 2.67. The lowest BCUT2D eigenvalue weighted by Gasteiger charge is -2.11. The van der Waals surface area contributed by atoms with Crippen molar-refractivity contribution in [2.75, 3.05) is 18.5 Å². The second kappa shape index (κ2) is 8.57. The van der Waals surface area contributed by atoms with Crippen LogP contribution in [0.5, 0.6) is 11.5 Å². The Morgan fingerprint density at radius 2 is 1.62 bits per heavy atom. The molecule has 24 heavy (non-hydrogen) atoms. The van der Waals surface area contributed by atoms with Gasteiger partial charge in [-0.15, -0.1) is 0 Å². The Kier molecular flexibility index (Phi) is 6.19. The molecule has 0 unspecified atom stereocenters. The van der Waals surface area contributed by atoms with E-state index in [0.29, 0.717) is 29.4 Å². The standard InChI is InChI=1S/C18H20N2O4/c1-2-23-15-5-3-4-6-16(15)24-12-11-17(21)20-14-9-7-13(8-10-14)18(19)22/h3-10H,2,11-12H2,1H3,(H2,19,22)(H,20,21). The number of benzene rings is 2. The first-order valence-corrected chi connectivity index (χ1v) is 7.64. The summed E-state index contributed by atoms with van der Waals surface area (Å²) in [7, 11) is 0. The van der Waals surface area contributed by atoms with Crippen molar-refractivity contribution >= 4 is 17.5 Å². The van der Waals surface area contributed by atoms with E-state index in [1.165, 1.54) is 0 Å². The van der Waals surface area contributed by atoms with Crippen molar-refractivity contribution in [1.82, 2.24) is 0 Å². The van der Waals surface area contributed by atoms with E-state index in [-0.39, 0.29) is 18.9 Å². The zero-order valence-corrected chi connectivity index (χ0v) is 13.5. The molecule has 6 heteroatoms. The predicted molar refractivity (Wildman–Crippen MR) is 91.3 cm³/mol. The van der Waals surface area contributed by atoms with E-state index >= 15 is 0 Å². The molecule has 0 atom stereocenters. The van der Waals surface area contributed by atoms with E-state index in [9.17, 15) is 9.59 Å². The lowest BCUT2D eigenvalue weighted by Crippen LogP contribution is -2.16. The molecule has 3 N–H and O–H groups in total. The van der Waals surface area contributed by atoms with Crippen LogP contribution in [0.25, 0.3) is 0 Å². The van der Waals surface area contributed by atoms with Gasteiger partial charge in [0.1, 0.15) is 0 Å². The van der Waals surface area contributed by atoms with E-state index in [1.807, 2.05) is 25.1 Å². The van der Waals surface area contributed by atoms with Gasteiger partial charge in [-0.1, -0.05) is 12.1 Å². The van der Waals surface area contributed by atoms with Crippen molar-refractivity contribution in [2.24, 2.45) is 5.73 Å². The third-order valence-electron chi connectivity index (χ3n) is 3.19. The molecule has 6 nitrogen and oxygen atoms in total. The number of hydrogen-bond donors (Lipinski definition) is 2. The minimum Gasteiger partial charge on any atom is -0.490 e. The molecule has 0 aliphatic rings. The van der Waals surface area contributed by atoms with Gasteiger partial charge >= 0.3 is 0 Å². The van der Waals surface area contributed by atoms with E-state index in [2.05, 4.69) is 5.32 Å². The monoisotopic (exact) mass is 328 g/mol. The normalized spacial score (nSPS) is 10.0. The number of anilines is 1. The number of para-hydroxylation sites is 2. The molecule has 0 radical (unpaired) electrons. The molecule has 126 valence electrons. The van der Waals surface area contributed by atoms with Gasteiger partial charge in [0.2, 0.25) is 11.8 Å². The number of carbonyl (C=O) groups excluding carboxylic acids is 2. The predicted octanol–water partition coefficient (Wildman–Crippen LogP) is 2.59. The van der Waals surface area contributed by atoms with E-state index in [1.54, 1.807) is 30.3 Å². The Morgan fingerprint density at radius 1 is 1.00 bits per heavy atom. The van der Waals surface area contributed by atoms with Gasteiger partial charge in [0, 0.05) is 11.3 Å². The summed E-state index contributed by atoms with van der Waals surface area (Å²) in [4.78, 5) is 22.9. The molecule has 0 fully saturated rings. The molecule has 0 saturated carbocycles. The zero-order valence-electron chi connectivity index (χ0n) is 13.5. The van der Waals surface area contributed by atoms with Crippen molar-refractivity contribution < 1.29 is 19.1 Å². The number of hydrogen-bond acceptors (Lipinski definition) is 4. The highest BCUT2D eigenvalue weighted by Gasteiger charge is 2.07. The van der Waals surface area contributed by atoms with Gasteiger partial charge in [-0.05, 0) is 43.3 Å². The molecular formula is C18H20N2O4. The summed E-state index contributed by atoms with van der Waals surface area (Å²) in [6.07, 6.45) is 0.192. The molecule has 0 saturated heterocycles. The number of nitrogens with two attached hydrogens (primary N) is 1. The second-order valence-corrected chi connectivity index (χ2v) is 4.97. The number of primary amides is 1. The first-order valence-electron chi connectivity index (χ1n) is 7.64. The molecule has 2 rings (SSSR count). The Balaban J connectivity index is 1.82. The van der Waals surface area contributed by atoms with Crippen LogP contribution in [-0.2, 0) is 4.79 Å². The van der Waals surface area contributed by atoms with Crippen LogP contribution in [0, 0.1) is 0 Å². The van der Waals surface area contributed by atoms with Crippen LogP contribution >= 0.6 is 0 Å². The molecule has 2 aromatic carbocycles. The summed E-state index contributed by atoms with van der Waals surface area (Å²) in [5.41, 5.74) is 6.16. The van der Waals surface area contributed by atoms with Crippen molar-refractivity contribution in [1.29, 1.82) is 0 Å². The minimum absolute atomic E-state index is 0.185. The molecule has 0 aromatic heterocycles. The largest absolute Gasteiger partial charge is 0.490 e. The van der Waals surface area contributed by atoms with Gasteiger partial charge in [-0.2, -0.15) is 0 Å². The minimum atomic E-state index is -0.505. The fraction of sp³-hybridized carbons (Fsp3) is 0.222. The van der Waals surface area contributed by atoms with Crippen LogP contribution in [0.3, 0.4) is 0 Å². The van der Waals surface area contributed by atoms with Crippen LogP contribution < -0.4 is 20.5 Å². The van der Waals surface area contributed by atoms with Crippen molar-refractivity contribution in [3.05, 3.63) is 54.1 Å². The van der Waals surface area contributed by atoms with Gasteiger partial charge in [0.25, 0.3) is 0 Å². The van der Waals surface area contributed by atoms with E-state index in [0.717, 1.165) is 0 Å². The van der Waals surface area contributed by atoms with Gasteiger partial charge < -0.3 is 20.5 Å². The average molecular weight is 328 g/mol. The zero-order chi connectivity index (χ0) is 17.4. The highest BCUT2D eigenvalue weighted by atomic mass is 16.5. The summed E-state index contributed by atoms with van der Waals surface area (Å²) in [6, 6.07) is 13.7. The van der Waals surface area contributed by atoms with Gasteiger partial charge in [0.15, 0.2) is 11.5 Å². The average Bonchev–Trinajstić information content (AvgIpc) is 2.57. The van der Waals surface area contributed by atoms with E-state index < -0.39 is 5.91 Å². The quantitative estimate of drug-likeness (QED) is 0.779. The molecule has 0 heterocycles. The van der Waals surface area contributed by atoms with Gasteiger partial charge in [-0.25, -0.2) is 0 Å². The lowest BCUT2D eigenvalue weighted by atomic mass is 10.2. The van der Waals surface area contributed by atoms with Crippen molar-refractivity contribution in [2.45, 2.75) is 13.3 Å². The molecule has 0 aliphatic carbocycles. The first-order chi connectivity index (χ1) is 11.6. The van der Waals surface area contributed by atoms with Gasteiger partial charge in [0.05, 0.1) is 19.6 Å². The Morgan fingerprint density at radius 3 is 2.21 bits per heavy atom. The van der Waals surface area contributed by atoms with Crippen LogP contribution in [-0.4, -0.2) is 25.0 Å². The maximum absolute atomic E-state index is 11.9. The Bertz CT molecular complexity index is 698. The lowest BCUT2D eigenvalue weighted by molar-refractivity contribution is -0.116. The number of nitrogens with one attached hydrogen (secondary N) is 1. The number of rotatable bonds is 8. The van der Waals surface area contributed by atoms with Crippen LogP contribution in [0.2, 0.25) is 0 Å². The number of amides is 2. The van der Waals surface area contributed by atoms with E-state index in [4.69, 9.17) is 15.2 Å². The second-order valence-electron chi connectivity index (χ2n) is 4.97. The fourth-order valence-electron chi connectivity index (χ4n) is 2.04. The summed E-state index contributed by atoms with van der Waals surface area (Å²) < 4.78 is 11.1. The molecule has 2 aromatic rings. The van der Waals surface area contributed by atoms with Crippen LogP contribution in [0.4, 0.5) is 5.69 Å². The molecule has 2 amide bonds. The first kappa shape index (κ1) is 17.3. The number of carbonyl (C=O) groups is 2. The fourth-order valence-corrected chi connectivity index (χ4v) is 2.04. The maximum Gasteiger partial charge on any atom is 0.248 e. The Labute approximate surface area is 140 Å². The third kappa shape index (κ3) is 5.01. The molecular weight excluding hydrogens is 308 g/mol. The molecule has 0 bridgehead atoms. The van der Waals surface area contributed by atoms with Crippen LogP contribution in [0.15, 0.2) is 48.5 Å². The van der Waals surface area contributed by atoms with Crippen molar-refractivity contribution in [3.63, 3.8) is 0 Å². The summed E-state index contributed by atoms with van der Waals surface area (Å²) in [5.74, 6) is 0.574. The maximum atomic E-state index is 11.9. The Hall–Kier alpha value is -3.02. The highest BCUT2D eigenvalue weighted by molar-refractivity contribution is 5.94. The summed E-state index contributed by atoms with van der Waals surface area (Å²) >= 11 is 0. The van der Waals surface area contributed by atoms with Crippen molar-refractivity contribution in [3.8, 4) is 11.5 Å². The topological polar surface area (TPSA) is 90.7 Å². The smallest absolute Gasteiger partial charge is 0.248 e. The molecule has 0 aliphatic heterocycles. The summed E-state index contributed by atoms with van der Waals surface area (Å²) in [5, 5.41) is 2.73. The van der Waals surface area contributed by atoms with Gasteiger partial charge in [-0.3, -0.25) is 9.59 Å². The van der Waals surface area contributed by atoms with Crippen LogP contribution in [0.1, 0.15) is 23.7 Å². The third-order valence-corrected chi connectivity index (χ3v) is 3.19. The number of ether oxygens (including phenoxy) is 2.